The number of rotatable bonds is 4. The maximum Gasteiger partial charge on any atom is 0.126 e. The summed E-state index contributed by atoms with van der Waals surface area (Å²) in [6, 6.07) is 2.03. The van der Waals surface area contributed by atoms with Crippen molar-refractivity contribution in [3.05, 3.63) is 22.3 Å². The lowest BCUT2D eigenvalue weighted by molar-refractivity contribution is 0.821. The van der Waals surface area contributed by atoms with E-state index in [9.17, 15) is 0 Å². The van der Waals surface area contributed by atoms with Crippen LogP contribution in [0.25, 0.3) is 0 Å². The number of aryl methyl sites for hydroxylation is 1. The first-order valence-corrected chi connectivity index (χ1v) is 5.04. The Morgan fingerprint density at radius 3 is 2.85 bits per heavy atom. The Hall–Kier alpha value is -0.610. The zero-order valence-electron chi connectivity index (χ0n) is 7.89. The van der Waals surface area contributed by atoms with E-state index in [4.69, 9.17) is 0 Å². The third-order valence-electron chi connectivity index (χ3n) is 1.73. The van der Waals surface area contributed by atoms with Crippen molar-refractivity contribution in [3.63, 3.8) is 0 Å². The highest BCUT2D eigenvalue weighted by molar-refractivity contribution is 9.10. The van der Waals surface area contributed by atoms with E-state index in [0.717, 1.165) is 23.4 Å². The smallest absolute Gasteiger partial charge is 0.126 e. The normalized spacial score (nSPS) is 10.1. The minimum Gasteiger partial charge on any atom is -0.369 e. The number of nitrogens with one attached hydrogen (secondary N) is 2. The fraction of sp³-hybridized carbons (Fsp3) is 0.444. The van der Waals surface area contributed by atoms with E-state index >= 15 is 0 Å². The van der Waals surface area contributed by atoms with Crippen LogP contribution in [0.5, 0.6) is 0 Å². The van der Waals surface area contributed by atoms with Gasteiger partial charge in [0, 0.05) is 23.8 Å². The Kier molecular flexibility index (Phi) is 4.18. The molecule has 0 saturated carbocycles. The van der Waals surface area contributed by atoms with Crippen LogP contribution in [-0.4, -0.2) is 25.1 Å². The summed E-state index contributed by atoms with van der Waals surface area (Å²) in [5.41, 5.74) is 1.20. The molecule has 0 aliphatic heterocycles. The monoisotopic (exact) mass is 243 g/mol. The molecule has 0 aliphatic rings. The van der Waals surface area contributed by atoms with E-state index in [1.54, 1.807) is 0 Å². The minimum atomic E-state index is 0.893. The van der Waals surface area contributed by atoms with Crippen molar-refractivity contribution in [3.8, 4) is 0 Å². The molecule has 0 unspecified atom stereocenters. The topological polar surface area (TPSA) is 37.0 Å². The van der Waals surface area contributed by atoms with Gasteiger partial charge in [0.15, 0.2) is 0 Å². The van der Waals surface area contributed by atoms with E-state index < -0.39 is 0 Å². The van der Waals surface area contributed by atoms with E-state index in [2.05, 4.69) is 38.5 Å². The molecule has 0 saturated heterocycles. The van der Waals surface area contributed by atoms with Crippen LogP contribution in [0, 0.1) is 6.92 Å². The van der Waals surface area contributed by atoms with Gasteiger partial charge in [0.2, 0.25) is 0 Å². The van der Waals surface area contributed by atoms with Crippen molar-refractivity contribution >= 4 is 21.7 Å². The number of aromatic nitrogens is 1. The van der Waals surface area contributed by atoms with E-state index in [1.807, 2.05) is 19.3 Å². The fourth-order valence-corrected chi connectivity index (χ4v) is 1.17. The average molecular weight is 244 g/mol. The van der Waals surface area contributed by atoms with Gasteiger partial charge >= 0.3 is 0 Å². The Bertz CT molecular complexity index is 276. The molecule has 0 bridgehead atoms. The van der Waals surface area contributed by atoms with Crippen LogP contribution in [0.15, 0.2) is 16.7 Å². The predicted molar refractivity (Wildman–Crippen MR) is 59.1 cm³/mol. The molecule has 0 aliphatic carbocycles. The Labute approximate surface area is 87.1 Å². The third-order valence-corrected chi connectivity index (χ3v) is 2.56. The summed E-state index contributed by atoms with van der Waals surface area (Å²) in [7, 11) is 1.93. The molecule has 1 aromatic rings. The van der Waals surface area contributed by atoms with Gasteiger partial charge in [0.25, 0.3) is 0 Å². The van der Waals surface area contributed by atoms with E-state index in [1.165, 1.54) is 5.56 Å². The second-order valence-electron chi connectivity index (χ2n) is 2.85. The first kappa shape index (κ1) is 10.5. The summed E-state index contributed by atoms with van der Waals surface area (Å²) in [4.78, 5) is 4.23. The number of hydrogen-bond acceptors (Lipinski definition) is 3. The maximum absolute atomic E-state index is 4.23. The number of hydrogen-bond donors (Lipinski definition) is 2. The van der Waals surface area contributed by atoms with Crippen LogP contribution in [0.4, 0.5) is 5.82 Å². The van der Waals surface area contributed by atoms with Crippen LogP contribution < -0.4 is 10.6 Å². The number of pyridine rings is 1. The molecule has 0 amide bonds. The predicted octanol–water partition coefficient (Wildman–Crippen LogP) is 1.78. The third kappa shape index (κ3) is 3.32. The van der Waals surface area contributed by atoms with Crippen LogP contribution in [0.3, 0.4) is 0 Å². The molecule has 0 atom stereocenters. The molecule has 0 aromatic carbocycles. The zero-order chi connectivity index (χ0) is 9.68. The van der Waals surface area contributed by atoms with Crippen molar-refractivity contribution in [2.24, 2.45) is 0 Å². The number of halogens is 1. The Morgan fingerprint density at radius 1 is 1.46 bits per heavy atom. The molecule has 3 nitrogen and oxygen atoms in total. The maximum atomic E-state index is 4.23. The van der Waals surface area contributed by atoms with Gasteiger partial charge in [-0.2, -0.15) is 0 Å². The van der Waals surface area contributed by atoms with Gasteiger partial charge in [-0.3, -0.25) is 0 Å². The molecule has 0 fully saturated rings. The molecule has 4 heteroatoms. The van der Waals surface area contributed by atoms with Crippen LogP contribution in [0.2, 0.25) is 0 Å². The Morgan fingerprint density at radius 2 is 2.23 bits per heavy atom. The first-order chi connectivity index (χ1) is 6.24. The largest absolute Gasteiger partial charge is 0.369 e. The highest BCUT2D eigenvalue weighted by atomic mass is 79.9. The fourth-order valence-electron chi connectivity index (χ4n) is 0.952. The van der Waals surface area contributed by atoms with Crippen LogP contribution in [0.1, 0.15) is 5.56 Å². The summed E-state index contributed by atoms with van der Waals surface area (Å²) < 4.78 is 1.05. The van der Waals surface area contributed by atoms with Crippen molar-refractivity contribution in [2.45, 2.75) is 6.92 Å². The van der Waals surface area contributed by atoms with Gasteiger partial charge < -0.3 is 10.6 Å². The second kappa shape index (κ2) is 5.19. The van der Waals surface area contributed by atoms with Crippen LogP contribution in [-0.2, 0) is 0 Å². The minimum absolute atomic E-state index is 0.893. The average Bonchev–Trinajstić information content (AvgIpc) is 2.12. The van der Waals surface area contributed by atoms with E-state index in [0.29, 0.717) is 0 Å². The lowest BCUT2D eigenvalue weighted by atomic mass is 10.3. The van der Waals surface area contributed by atoms with Crippen molar-refractivity contribution in [1.29, 1.82) is 0 Å². The van der Waals surface area contributed by atoms with Gasteiger partial charge in [-0.15, -0.1) is 0 Å². The van der Waals surface area contributed by atoms with Crippen LogP contribution >= 0.6 is 15.9 Å². The summed E-state index contributed by atoms with van der Waals surface area (Å²) in [6.07, 6.45) is 1.82. The molecular formula is C9H14BrN3. The highest BCUT2D eigenvalue weighted by Crippen LogP contribution is 2.16. The zero-order valence-corrected chi connectivity index (χ0v) is 9.48. The van der Waals surface area contributed by atoms with Gasteiger partial charge in [0.05, 0.1) is 0 Å². The molecule has 1 aromatic heterocycles. The molecule has 72 valence electrons. The molecular weight excluding hydrogens is 230 g/mol. The molecule has 0 radical (unpaired) electrons. The van der Waals surface area contributed by atoms with Gasteiger partial charge in [0.1, 0.15) is 5.82 Å². The van der Waals surface area contributed by atoms with Gasteiger partial charge in [-0.1, -0.05) is 0 Å². The second-order valence-corrected chi connectivity index (χ2v) is 3.70. The highest BCUT2D eigenvalue weighted by Gasteiger charge is 1.96. The quantitative estimate of drug-likeness (QED) is 0.793. The SMILES string of the molecule is CNCCNc1cc(C)c(Br)cn1. The molecule has 1 heterocycles. The number of nitrogens with zero attached hydrogens (tertiary/aromatic N) is 1. The summed E-state index contributed by atoms with van der Waals surface area (Å²) >= 11 is 3.41. The van der Waals surface area contributed by atoms with Crippen molar-refractivity contribution < 1.29 is 0 Å². The van der Waals surface area contributed by atoms with Gasteiger partial charge in [-0.05, 0) is 41.5 Å². The summed E-state index contributed by atoms with van der Waals surface area (Å²) in [5.74, 6) is 0.927. The van der Waals surface area contributed by atoms with Crippen molar-refractivity contribution in [1.82, 2.24) is 10.3 Å². The summed E-state index contributed by atoms with van der Waals surface area (Å²) in [6.45, 7) is 3.89. The van der Waals surface area contributed by atoms with E-state index in [-0.39, 0.29) is 0 Å². The number of anilines is 1. The lowest BCUT2D eigenvalue weighted by Gasteiger charge is -2.06. The van der Waals surface area contributed by atoms with Crippen molar-refractivity contribution in [2.75, 3.05) is 25.5 Å². The lowest BCUT2D eigenvalue weighted by Crippen LogP contribution is -2.18. The molecule has 13 heavy (non-hydrogen) atoms. The standard InChI is InChI=1S/C9H14BrN3/c1-7-5-9(12-4-3-11-2)13-6-8(7)10/h5-6,11H,3-4H2,1-2H3,(H,12,13). The molecule has 1 rings (SSSR count). The molecule has 2 N–H and O–H groups in total. The Balaban J connectivity index is 2.53. The molecule has 0 spiro atoms. The first-order valence-electron chi connectivity index (χ1n) is 4.24. The number of likely N-dealkylation sites (N-methyl/N-ethyl adjacent to an activating group) is 1. The summed E-state index contributed by atoms with van der Waals surface area (Å²) in [5, 5.41) is 6.28. The van der Waals surface area contributed by atoms with Gasteiger partial charge in [-0.25, -0.2) is 4.98 Å².